The number of rotatable bonds is 0. The van der Waals surface area contributed by atoms with Gasteiger partial charge in [0, 0.05) is 0 Å². The van der Waals surface area contributed by atoms with Crippen molar-refractivity contribution in [2.75, 3.05) is 0 Å². The molecular weight excluding hydrogens is 78.1 g/mol. The van der Waals surface area contributed by atoms with Gasteiger partial charge in [-0.3, -0.25) is 0 Å². The minimum atomic E-state index is 0.199. The fourth-order valence-electron chi connectivity index (χ4n) is 0.298. The molecule has 0 saturated carbocycles. The quantitative estimate of drug-likeness (QED) is 0.409. The first kappa shape index (κ1) is 3.61. The monoisotopic (exact) mass is 84.1 g/mol. The minimum Gasteiger partial charge on any atom is -0.301 e. The van der Waals surface area contributed by atoms with Crippen molar-refractivity contribution in [1.29, 1.82) is 0 Å². The average Bonchev–Trinajstić information content (AvgIpc) is 1.86. The van der Waals surface area contributed by atoms with Gasteiger partial charge in [-0.25, -0.2) is 10.4 Å². The molecule has 0 spiro atoms. The third kappa shape index (κ3) is 0.490. The summed E-state index contributed by atoms with van der Waals surface area (Å²) in [5.41, 5.74) is 5.40. The molecule has 1 unspecified atom stereocenters. The molecule has 1 aliphatic heterocycles. The predicted molar refractivity (Wildman–Crippen MR) is 23.2 cm³/mol. The Balaban J connectivity index is 2.38. The van der Waals surface area contributed by atoms with Crippen LogP contribution < -0.4 is 10.9 Å². The van der Waals surface area contributed by atoms with E-state index in [0.717, 1.165) is 0 Å². The molecular formula is C3H6N3. The van der Waals surface area contributed by atoms with Crippen LogP contribution in [0.1, 0.15) is 6.92 Å². The summed E-state index contributed by atoms with van der Waals surface area (Å²) in [6.07, 6.45) is 2.73. The summed E-state index contributed by atoms with van der Waals surface area (Å²) in [6, 6.07) is 0. The zero-order valence-electron chi connectivity index (χ0n) is 3.52. The van der Waals surface area contributed by atoms with Crippen LogP contribution in [0, 0.1) is 0 Å². The molecule has 0 aromatic heterocycles. The van der Waals surface area contributed by atoms with Crippen molar-refractivity contribution in [2.45, 2.75) is 13.1 Å². The molecule has 3 nitrogen and oxygen atoms in total. The lowest BCUT2D eigenvalue weighted by Gasteiger charge is -1.93. The Morgan fingerprint density at radius 3 is 2.83 bits per heavy atom. The van der Waals surface area contributed by atoms with Crippen LogP contribution in [-0.4, -0.2) is 12.5 Å². The Morgan fingerprint density at radius 1 is 1.83 bits per heavy atom. The van der Waals surface area contributed by atoms with Crippen molar-refractivity contribution in [3.05, 3.63) is 0 Å². The van der Waals surface area contributed by atoms with Crippen LogP contribution in [0.25, 0.3) is 0 Å². The lowest BCUT2D eigenvalue weighted by molar-refractivity contribution is 0.590. The largest absolute Gasteiger partial charge is 0.301 e. The molecule has 0 aromatic carbocycles. The Hall–Kier alpha value is -0.570. The number of nitrogens with one attached hydrogen (secondary N) is 2. The Morgan fingerprint density at radius 2 is 2.67 bits per heavy atom. The van der Waals surface area contributed by atoms with E-state index in [0.29, 0.717) is 0 Å². The second kappa shape index (κ2) is 1.26. The molecule has 0 bridgehead atoms. The van der Waals surface area contributed by atoms with Crippen LogP contribution in [0.2, 0.25) is 0 Å². The van der Waals surface area contributed by atoms with Gasteiger partial charge in [0.05, 0.1) is 0 Å². The number of nitrogens with zero attached hydrogens (tertiary/aromatic N) is 1. The van der Waals surface area contributed by atoms with E-state index in [1.54, 1.807) is 0 Å². The lowest BCUT2D eigenvalue weighted by Crippen LogP contribution is -2.28. The summed E-state index contributed by atoms with van der Waals surface area (Å²) in [5.74, 6) is 0. The zero-order valence-corrected chi connectivity index (χ0v) is 3.52. The Kier molecular flexibility index (Phi) is 0.759. The minimum absolute atomic E-state index is 0.199. The van der Waals surface area contributed by atoms with Gasteiger partial charge in [0.2, 0.25) is 0 Å². The number of aliphatic imine (C=N–C) groups is 1. The summed E-state index contributed by atoms with van der Waals surface area (Å²) in [6.45, 7) is 1.94. The summed E-state index contributed by atoms with van der Waals surface area (Å²) in [5, 5.41) is 0. The zero-order chi connectivity index (χ0) is 4.41. The van der Waals surface area contributed by atoms with Crippen LogP contribution in [0.3, 0.4) is 0 Å². The predicted octanol–water partition coefficient (Wildman–Crippen LogP) is -0.655. The van der Waals surface area contributed by atoms with Crippen LogP contribution in [-0.2, 0) is 0 Å². The SMILES string of the molecule is CC1N=[C]NN1. The topological polar surface area (TPSA) is 36.4 Å². The summed E-state index contributed by atoms with van der Waals surface area (Å²) < 4.78 is 0. The van der Waals surface area contributed by atoms with E-state index in [2.05, 4.69) is 22.2 Å². The molecule has 1 radical (unpaired) electrons. The highest BCUT2D eigenvalue weighted by Crippen LogP contribution is 1.80. The molecule has 0 aromatic rings. The highest BCUT2D eigenvalue weighted by atomic mass is 15.5. The summed E-state index contributed by atoms with van der Waals surface area (Å²) in [7, 11) is 0. The molecule has 1 atom stereocenters. The molecule has 1 rings (SSSR count). The number of hydrazine groups is 1. The van der Waals surface area contributed by atoms with Gasteiger partial charge in [0.1, 0.15) is 6.17 Å². The molecule has 0 amide bonds. The van der Waals surface area contributed by atoms with Crippen molar-refractivity contribution < 1.29 is 0 Å². The van der Waals surface area contributed by atoms with E-state index in [4.69, 9.17) is 0 Å². The first-order valence-corrected chi connectivity index (χ1v) is 1.85. The maximum Gasteiger partial charge on any atom is 0.181 e. The van der Waals surface area contributed by atoms with Gasteiger partial charge in [-0.05, 0) is 6.92 Å². The fraction of sp³-hybridized carbons (Fsp3) is 0.667. The third-order valence-electron chi connectivity index (χ3n) is 0.595. The number of hydrogen-bond acceptors (Lipinski definition) is 3. The fourth-order valence-corrected chi connectivity index (χ4v) is 0.298. The van der Waals surface area contributed by atoms with E-state index < -0.39 is 0 Å². The van der Waals surface area contributed by atoms with Gasteiger partial charge in [-0.15, -0.1) is 0 Å². The maximum atomic E-state index is 3.76. The lowest BCUT2D eigenvalue weighted by atomic mass is 10.6. The second-order valence-corrected chi connectivity index (χ2v) is 1.19. The van der Waals surface area contributed by atoms with Crippen molar-refractivity contribution in [3.8, 4) is 0 Å². The molecule has 0 saturated heterocycles. The van der Waals surface area contributed by atoms with E-state index in [1.807, 2.05) is 6.92 Å². The van der Waals surface area contributed by atoms with Gasteiger partial charge < -0.3 is 5.43 Å². The first-order chi connectivity index (χ1) is 2.89. The van der Waals surface area contributed by atoms with Gasteiger partial charge in [0.25, 0.3) is 0 Å². The van der Waals surface area contributed by atoms with E-state index >= 15 is 0 Å². The Labute approximate surface area is 36.4 Å². The van der Waals surface area contributed by atoms with Crippen LogP contribution in [0.15, 0.2) is 4.99 Å². The molecule has 1 aliphatic rings. The third-order valence-corrected chi connectivity index (χ3v) is 0.595. The van der Waals surface area contributed by atoms with Gasteiger partial charge in [-0.1, -0.05) is 0 Å². The molecule has 1 heterocycles. The van der Waals surface area contributed by atoms with E-state index in [9.17, 15) is 0 Å². The van der Waals surface area contributed by atoms with Crippen molar-refractivity contribution >= 4 is 6.34 Å². The molecule has 3 heteroatoms. The molecule has 6 heavy (non-hydrogen) atoms. The summed E-state index contributed by atoms with van der Waals surface area (Å²) >= 11 is 0. The van der Waals surface area contributed by atoms with Crippen LogP contribution in [0.5, 0.6) is 0 Å². The van der Waals surface area contributed by atoms with Crippen LogP contribution in [0.4, 0.5) is 0 Å². The normalized spacial score (nSPS) is 30.5. The second-order valence-electron chi connectivity index (χ2n) is 1.19. The van der Waals surface area contributed by atoms with Gasteiger partial charge in [0.15, 0.2) is 6.34 Å². The molecule has 33 valence electrons. The summed E-state index contributed by atoms with van der Waals surface area (Å²) in [4.78, 5) is 3.76. The highest BCUT2D eigenvalue weighted by Gasteiger charge is 1.97. The van der Waals surface area contributed by atoms with E-state index in [1.165, 1.54) is 0 Å². The smallest absolute Gasteiger partial charge is 0.181 e. The molecule has 0 fully saturated rings. The highest BCUT2D eigenvalue weighted by molar-refractivity contribution is 5.55. The standard InChI is InChI=1S/C3H6N3/c1-3-4-2-5-6-3/h3,6H,1H3,(H,4,5). The van der Waals surface area contributed by atoms with Crippen molar-refractivity contribution in [2.24, 2.45) is 4.99 Å². The first-order valence-electron chi connectivity index (χ1n) is 1.85. The maximum absolute atomic E-state index is 3.76. The van der Waals surface area contributed by atoms with E-state index in [-0.39, 0.29) is 6.17 Å². The van der Waals surface area contributed by atoms with Crippen molar-refractivity contribution in [1.82, 2.24) is 10.9 Å². The molecule has 0 aliphatic carbocycles. The number of hydrogen-bond donors (Lipinski definition) is 2. The van der Waals surface area contributed by atoms with Crippen molar-refractivity contribution in [3.63, 3.8) is 0 Å². The Bertz CT molecular complexity index is 68.4. The average molecular weight is 84.1 g/mol. The molecule has 2 N–H and O–H groups in total. The van der Waals surface area contributed by atoms with Gasteiger partial charge in [-0.2, -0.15) is 0 Å². The van der Waals surface area contributed by atoms with Crippen LogP contribution >= 0.6 is 0 Å². The van der Waals surface area contributed by atoms with Gasteiger partial charge >= 0.3 is 0 Å².